The molecule has 0 spiro atoms. The molecule has 0 aliphatic rings. The first kappa shape index (κ1) is 17.5. The van der Waals surface area contributed by atoms with Crippen molar-refractivity contribution in [2.75, 3.05) is 0 Å². The molecule has 0 saturated carbocycles. The third kappa shape index (κ3) is 7.12. The van der Waals surface area contributed by atoms with Gasteiger partial charge < -0.3 is 4.74 Å². The Morgan fingerprint density at radius 1 is 1.19 bits per heavy atom. The van der Waals surface area contributed by atoms with Gasteiger partial charge in [-0.3, -0.25) is 4.79 Å². The summed E-state index contributed by atoms with van der Waals surface area (Å²) in [5.74, 6) is 0.216. The molecule has 0 aliphatic heterocycles. The van der Waals surface area contributed by atoms with Gasteiger partial charge in [-0.1, -0.05) is 64.1 Å². The molecule has 2 unspecified atom stereocenters. The number of esters is 1. The molecule has 1 aromatic rings. The average Bonchev–Trinajstić information content (AvgIpc) is 2.41. The van der Waals surface area contributed by atoms with Crippen molar-refractivity contribution in [2.45, 2.75) is 53.6 Å². The van der Waals surface area contributed by atoms with Gasteiger partial charge in [0.1, 0.15) is 6.10 Å². The SMILES string of the molecule is CC(=O)OC(/C=C\C(C)C(C)(C)C)CCc1ccccc1. The van der Waals surface area contributed by atoms with Crippen LogP contribution in [0.4, 0.5) is 0 Å². The zero-order valence-electron chi connectivity index (χ0n) is 13.9. The van der Waals surface area contributed by atoms with Crippen LogP contribution in [0.2, 0.25) is 0 Å². The third-order valence-corrected chi connectivity index (χ3v) is 3.86. The topological polar surface area (TPSA) is 26.3 Å². The van der Waals surface area contributed by atoms with Gasteiger partial charge in [-0.2, -0.15) is 0 Å². The van der Waals surface area contributed by atoms with Crippen LogP contribution in [0.5, 0.6) is 0 Å². The fourth-order valence-electron chi connectivity index (χ4n) is 1.94. The van der Waals surface area contributed by atoms with E-state index in [2.05, 4.69) is 45.9 Å². The van der Waals surface area contributed by atoms with Crippen LogP contribution < -0.4 is 0 Å². The first-order valence-corrected chi connectivity index (χ1v) is 7.68. The molecular weight excluding hydrogens is 260 g/mol. The molecule has 0 heterocycles. The Balaban J connectivity index is 2.63. The van der Waals surface area contributed by atoms with Crippen molar-refractivity contribution < 1.29 is 9.53 Å². The van der Waals surface area contributed by atoms with Crippen LogP contribution in [0.1, 0.15) is 46.6 Å². The highest BCUT2D eigenvalue weighted by Crippen LogP contribution is 2.26. The van der Waals surface area contributed by atoms with Crippen LogP contribution in [0.25, 0.3) is 0 Å². The zero-order chi connectivity index (χ0) is 15.9. The Morgan fingerprint density at radius 3 is 2.33 bits per heavy atom. The van der Waals surface area contributed by atoms with E-state index in [4.69, 9.17) is 4.74 Å². The molecule has 0 aliphatic carbocycles. The fourth-order valence-corrected chi connectivity index (χ4v) is 1.94. The van der Waals surface area contributed by atoms with E-state index in [0.29, 0.717) is 5.92 Å². The van der Waals surface area contributed by atoms with E-state index in [9.17, 15) is 4.79 Å². The smallest absolute Gasteiger partial charge is 0.303 e. The Bertz CT molecular complexity index is 454. The highest BCUT2D eigenvalue weighted by molar-refractivity contribution is 5.66. The van der Waals surface area contributed by atoms with Gasteiger partial charge in [-0.15, -0.1) is 0 Å². The van der Waals surface area contributed by atoms with Crippen molar-refractivity contribution >= 4 is 5.97 Å². The number of benzene rings is 1. The summed E-state index contributed by atoms with van der Waals surface area (Å²) in [5, 5.41) is 0. The second-order valence-electron chi connectivity index (χ2n) is 6.71. The van der Waals surface area contributed by atoms with Gasteiger partial charge in [0.05, 0.1) is 0 Å². The lowest BCUT2D eigenvalue weighted by Crippen LogP contribution is -2.18. The lowest BCUT2D eigenvalue weighted by molar-refractivity contribution is -0.144. The number of carbonyl (C=O) groups excluding carboxylic acids is 1. The van der Waals surface area contributed by atoms with Gasteiger partial charge in [0.2, 0.25) is 0 Å². The van der Waals surface area contributed by atoms with Crippen molar-refractivity contribution in [1.82, 2.24) is 0 Å². The van der Waals surface area contributed by atoms with Crippen LogP contribution in [0, 0.1) is 11.3 Å². The Hall–Kier alpha value is -1.57. The van der Waals surface area contributed by atoms with Crippen molar-refractivity contribution in [3.63, 3.8) is 0 Å². The quantitative estimate of drug-likeness (QED) is 0.555. The maximum atomic E-state index is 11.3. The van der Waals surface area contributed by atoms with E-state index in [1.54, 1.807) is 0 Å². The molecule has 0 bridgehead atoms. The molecule has 21 heavy (non-hydrogen) atoms. The monoisotopic (exact) mass is 288 g/mol. The third-order valence-electron chi connectivity index (χ3n) is 3.86. The summed E-state index contributed by atoms with van der Waals surface area (Å²) >= 11 is 0. The summed E-state index contributed by atoms with van der Waals surface area (Å²) < 4.78 is 5.41. The lowest BCUT2D eigenvalue weighted by atomic mass is 9.82. The van der Waals surface area contributed by atoms with Gasteiger partial charge in [-0.25, -0.2) is 0 Å². The molecule has 1 rings (SSSR count). The molecule has 2 nitrogen and oxygen atoms in total. The second kappa shape index (κ2) is 8.02. The summed E-state index contributed by atoms with van der Waals surface area (Å²) in [5.41, 5.74) is 1.49. The number of ether oxygens (including phenoxy) is 1. The van der Waals surface area contributed by atoms with E-state index in [1.165, 1.54) is 12.5 Å². The Labute approximate surface area is 129 Å². The van der Waals surface area contributed by atoms with Crippen LogP contribution in [0.15, 0.2) is 42.5 Å². The summed E-state index contributed by atoms with van der Waals surface area (Å²) in [4.78, 5) is 11.3. The minimum absolute atomic E-state index is 0.146. The molecule has 2 heteroatoms. The summed E-state index contributed by atoms with van der Waals surface area (Å²) in [7, 11) is 0. The minimum Gasteiger partial charge on any atom is -0.458 e. The predicted octanol–water partition coefficient (Wildman–Crippen LogP) is 4.79. The molecule has 0 saturated heterocycles. The average molecular weight is 288 g/mol. The number of aryl methyl sites for hydroxylation is 1. The number of rotatable bonds is 6. The normalized spacial score (nSPS) is 14.9. The predicted molar refractivity (Wildman–Crippen MR) is 88.1 cm³/mol. The zero-order valence-corrected chi connectivity index (χ0v) is 13.9. The second-order valence-corrected chi connectivity index (χ2v) is 6.71. The maximum Gasteiger partial charge on any atom is 0.303 e. The van der Waals surface area contributed by atoms with E-state index in [1.807, 2.05) is 24.3 Å². The Morgan fingerprint density at radius 2 is 1.81 bits per heavy atom. The summed E-state index contributed by atoms with van der Waals surface area (Å²) in [6, 6.07) is 10.3. The van der Waals surface area contributed by atoms with Gasteiger partial charge in [-0.05, 0) is 35.8 Å². The molecule has 0 aromatic heterocycles. The molecular formula is C19H28O2. The first-order chi connectivity index (χ1) is 9.79. The van der Waals surface area contributed by atoms with E-state index >= 15 is 0 Å². The van der Waals surface area contributed by atoms with Gasteiger partial charge in [0.25, 0.3) is 0 Å². The molecule has 0 radical (unpaired) electrons. The standard InChI is InChI=1S/C19H28O2/c1-15(19(3,4)5)11-13-18(21-16(2)20)14-12-17-9-7-6-8-10-17/h6-11,13,15,18H,12,14H2,1-5H3/b13-11-. The van der Waals surface area contributed by atoms with Gasteiger partial charge in [0, 0.05) is 6.92 Å². The van der Waals surface area contributed by atoms with Crippen LogP contribution in [-0.4, -0.2) is 12.1 Å². The fraction of sp³-hybridized carbons (Fsp3) is 0.526. The van der Waals surface area contributed by atoms with Crippen LogP contribution >= 0.6 is 0 Å². The molecule has 2 atom stereocenters. The lowest BCUT2D eigenvalue weighted by Gasteiger charge is -2.24. The molecule has 0 amide bonds. The van der Waals surface area contributed by atoms with Gasteiger partial charge in [0.15, 0.2) is 0 Å². The van der Waals surface area contributed by atoms with Crippen molar-refractivity contribution in [3.8, 4) is 0 Å². The number of carbonyl (C=O) groups is 1. The van der Waals surface area contributed by atoms with Crippen LogP contribution in [-0.2, 0) is 16.0 Å². The van der Waals surface area contributed by atoms with Crippen LogP contribution in [0.3, 0.4) is 0 Å². The molecule has 0 fully saturated rings. The first-order valence-electron chi connectivity index (χ1n) is 7.68. The summed E-state index contributed by atoms with van der Waals surface area (Å²) in [6.45, 7) is 10.3. The number of hydrogen-bond acceptors (Lipinski definition) is 2. The Kier molecular flexibility index (Phi) is 6.67. The minimum atomic E-state index is -0.221. The summed E-state index contributed by atoms with van der Waals surface area (Å²) in [6.07, 6.45) is 5.79. The molecule has 116 valence electrons. The maximum absolute atomic E-state index is 11.3. The van der Waals surface area contributed by atoms with Crippen molar-refractivity contribution in [3.05, 3.63) is 48.0 Å². The van der Waals surface area contributed by atoms with E-state index < -0.39 is 0 Å². The van der Waals surface area contributed by atoms with Crippen molar-refractivity contribution in [2.24, 2.45) is 11.3 Å². The molecule has 0 N–H and O–H groups in total. The number of allylic oxidation sites excluding steroid dienone is 1. The highest BCUT2D eigenvalue weighted by Gasteiger charge is 2.18. The van der Waals surface area contributed by atoms with E-state index in [-0.39, 0.29) is 17.5 Å². The van der Waals surface area contributed by atoms with Gasteiger partial charge >= 0.3 is 5.97 Å². The number of hydrogen-bond donors (Lipinski definition) is 0. The van der Waals surface area contributed by atoms with E-state index in [0.717, 1.165) is 12.8 Å². The highest BCUT2D eigenvalue weighted by atomic mass is 16.5. The molecule has 1 aromatic carbocycles. The largest absolute Gasteiger partial charge is 0.458 e. The van der Waals surface area contributed by atoms with Crippen molar-refractivity contribution in [1.29, 1.82) is 0 Å².